The van der Waals surface area contributed by atoms with Crippen LogP contribution in [0.4, 0.5) is 11.4 Å². The van der Waals surface area contributed by atoms with Gasteiger partial charge in [0.1, 0.15) is 5.75 Å². The number of piperidine rings is 1. The highest BCUT2D eigenvalue weighted by molar-refractivity contribution is 5.99. The van der Waals surface area contributed by atoms with Crippen molar-refractivity contribution >= 4 is 23.2 Å². The molecule has 2 amide bonds. The average molecular weight is 303 g/mol. The number of nitrogens with one attached hydrogen (secondary N) is 3. The Kier molecular flexibility index (Phi) is 4.02. The summed E-state index contributed by atoms with van der Waals surface area (Å²) in [6.07, 6.45) is 1.19. The third-order valence-corrected chi connectivity index (χ3v) is 4.17. The molecule has 0 spiro atoms. The molecule has 0 aromatic heterocycles. The van der Waals surface area contributed by atoms with Crippen LogP contribution in [0, 0.1) is 5.92 Å². The Morgan fingerprint density at radius 3 is 2.95 bits per heavy atom. The van der Waals surface area contributed by atoms with Crippen molar-refractivity contribution in [3.05, 3.63) is 18.2 Å². The summed E-state index contributed by atoms with van der Waals surface area (Å²) < 4.78 is 5.50. The van der Waals surface area contributed by atoms with Crippen molar-refractivity contribution in [1.29, 1.82) is 0 Å². The molecule has 1 aromatic rings. The average Bonchev–Trinajstić information content (AvgIpc) is 2.49. The van der Waals surface area contributed by atoms with Gasteiger partial charge in [-0.1, -0.05) is 0 Å². The number of fused-ring (bicyclic) bond motifs is 1. The quantitative estimate of drug-likeness (QED) is 0.777. The number of hydrogen-bond acceptors (Lipinski definition) is 4. The largest absolute Gasteiger partial charge is 0.479 e. The highest BCUT2D eigenvalue weighted by Gasteiger charge is 2.26. The summed E-state index contributed by atoms with van der Waals surface area (Å²) in [7, 11) is 0. The second-order valence-corrected chi connectivity index (χ2v) is 6.03. The SMILES string of the molecule is CC1Oc2ccc(NC(=O)[C@H]3CCN[C@@H](C)C3)cc2NC1=O. The molecule has 6 heteroatoms. The van der Waals surface area contributed by atoms with E-state index in [1.54, 1.807) is 25.1 Å². The van der Waals surface area contributed by atoms with Crippen molar-refractivity contribution < 1.29 is 14.3 Å². The summed E-state index contributed by atoms with van der Waals surface area (Å²) in [5.74, 6) is 0.506. The standard InChI is InChI=1S/C16H21N3O3/c1-9-7-11(5-6-17-9)16(21)18-12-3-4-14-13(8-12)19-15(20)10(2)22-14/h3-4,8-11,17H,5-7H2,1-2H3,(H,18,21)(H,19,20)/t9-,10?,11-/m0/s1. The maximum Gasteiger partial charge on any atom is 0.265 e. The summed E-state index contributed by atoms with van der Waals surface area (Å²) in [6.45, 7) is 4.66. The van der Waals surface area contributed by atoms with Gasteiger partial charge in [0.25, 0.3) is 5.91 Å². The maximum absolute atomic E-state index is 12.3. The van der Waals surface area contributed by atoms with Gasteiger partial charge in [-0.25, -0.2) is 0 Å². The van der Waals surface area contributed by atoms with Crippen molar-refractivity contribution in [2.45, 2.75) is 38.8 Å². The van der Waals surface area contributed by atoms with Crippen LogP contribution in [0.2, 0.25) is 0 Å². The van der Waals surface area contributed by atoms with Crippen LogP contribution in [0.5, 0.6) is 5.75 Å². The molecular weight excluding hydrogens is 282 g/mol. The van der Waals surface area contributed by atoms with Crippen LogP contribution in [0.25, 0.3) is 0 Å². The zero-order valence-electron chi connectivity index (χ0n) is 12.8. The zero-order chi connectivity index (χ0) is 15.7. The number of carbonyl (C=O) groups excluding carboxylic acids is 2. The summed E-state index contributed by atoms with van der Waals surface area (Å²) in [5, 5.41) is 9.06. The topological polar surface area (TPSA) is 79.5 Å². The lowest BCUT2D eigenvalue weighted by atomic mass is 9.92. The molecule has 22 heavy (non-hydrogen) atoms. The van der Waals surface area contributed by atoms with Gasteiger partial charge >= 0.3 is 0 Å². The number of hydrogen-bond donors (Lipinski definition) is 3. The van der Waals surface area contributed by atoms with Gasteiger partial charge in [-0.15, -0.1) is 0 Å². The Hall–Kier alpha value is -2.08. The first-order chi connectivity index (χ1) is 10.5. The van der Waals surface area contributed by atoms with Gasteiger partial charge in [0, 0.05) is 17.6 Å². The van der Waals surface area contributed by atoms with E-state index in [0.717, 1.165) is 19.4 Å². The molecule has 0 radical (unpaired) electrons. The van der Waals surface area contributed by atoms with Gasteiger partial charge in [0.15, 0.2) is 6.10 Å². The Bertz CT molecular complexity index is 602. The maximum atomic E-state index is 12.3. The van der Waals surface area contributed by atoms with Gasteiger partial charge in [0.05, 0.1) is 5.69 Å². The van der Waals surface area contributed by atoms with Crippen molar-refractivity contribution in [2.24, 2.45) is 5.92 Å². The van der Waals surface area contributed by atoms with Gasteiger partial charge in [-0.2, -0.15) is 0 Å². The predicted octanol–water partition coefficient (Wildman–Crippen LogP) is 1.73. The van der Waals surface area contributed by atoms with Crippen LogP contribution in [-0.4, -0.2) is 30.5 Å². The number of anilines is 2. The Morgan fingerprint density at radius 1 is 1.36 bits per heavy atom. The van der Waals surface area contributed by atoms with Crippen LogP contribution >= 0.6 is 0 Å². The van der Waals surface area contributed by atoms with E-state index in [1.165, 1.54) is 0 Å². The molecule has 0 aliphatic carbocycles. The molecule has 2 aliphatic rings. The van der Waals surface area contributed by atoms with Crippen molar-refractivity contribution in [3.63, 3.8) is 0 Å². The third-order valence-electron chi connectivity index (χ3n) is 4.17. The highest BCUT2D eigenvalue weighted by atomic mass is 16.5. The summed E-state index contributed by atoms with van der Waals surface area (Å²) in [5.41, 5.74) is 1.27. The van der Waals surface area contributed by atoms with E-state index in [2.05, 4.69) is 22.9 Å². The van der Waals surface area contributed by atoms with Crippen molar-refractivity contribution in [2.75, 3.05) is 17.2 Å². The Morgan fingerprint density at radius 2 is 2.18 bits per heavy atom. The Balaban J connectivity index is 1.69. The van der Waals surface area contributed by atoms with Crippen molar-refractivity contribution in [3.8, 4) is 5.75 Å². The molecule has 0 bridgehead atoms. The van der Waals surface area contributed by atoms with Crippen LogP contribution in [-0.2, 0) is 9.59 Å². The molecule has 3 atom stereocenters. The van der Waals surface area contributed by atoms with E-state index in [-0.39, 0.29) is 17.7 Å². The fraction of sp³-hybridized carbons (Fsp3) is 0.500. The molecule has 1 saturated heterocycles. The van der Waals surface area contributed by atoms with E-state index >= 15 is 0 Å². The molecule has 1 unspecified atom stereocenters. The monoisotopic (exact) mass is 303 g/mol. The lowest BCUT2D eigenvalue weighted by Gasteiger charge is -2.27. The van der Waals surface area contributed by atoms with Gasteiger partial charge in [0.2, 0.25) is 5.91 Å². The lowest BCUT2D eigenvalue weighted by Crippen LogP contribution is -2.40. The molecule has 2 aliphatic heterocycles. The van der Waals surface area contributed by atoms with Crippen LogP contribution in [0.3, 0.4) is 0 Å². The van der Waals surface area contributed by atoms with Gasteiger partial charge < -0.3 is 20.7 Å². The van der Waals surface area contributed by atoms with Gasteiger partial charge in [-0.05, 0) is 51.4 Å². The number of amides is 2. The summed E-state index contributed by atoms with van der Waals surface area (Å²) in [6, 6.07) is 5.67. The minimum atomic E-state index is -0.496. The normalized spacial score (nSPS) is 27.4. The first kappa shape index (κ1) is 14.8. The predicted molar refractivity (Wildman–Crippen MR) is 84.0 cm³/mol. The summed E-state index contributed by atoms with van der Waals surface area (Å²) in [4.78, 5) is 24.0. The number of rotatable bonds is 2. The molecule has 0 saturated carbocycles. The Labute approximate surface area is 129 Å². The van der Waals surface area contributed by atoms with E-state index in [1.807, 2.05) is 0 Å². The molecule has 1 aromatic carbocycles. The minimum Gasteiger partial charge on any atom is -0.479 e. The second-order valence-electron chi connectivity index (χ2n) is 6.03. The van der Waals surface area contributed by atoms with E-state index in [9.17, 15) is 9.59 Å². The molecule has 1 fully saturated rings. The number of carbonyl (C=O) groups is 2. The molecule has 118 valence electrons. The van der Waals surface area contributed by atoms with Crippen LogP contribution in [0.1, 0.15) is 26.7 Å². The van der Waals surface area contributed by atoms with E-state index < -0.39 is 6.10 Å². The van der Waals surface area contributed by atoms with Crippen LogP contribution in [0.15, 0.2) is 18.2 Å². The van der Waals surface area contributed by atoms with E-state index in [4.69, 9.17) is 4.74 Å². The molecule has 3 rings (SSSR count). The first-order valence-corrected chi connectivity index (χ1v) is 7.69. The van der Waals surface area contributed by atoms with Crippen LogP contribution < -0.4 is 20.7 Å². The molecule has 3 N–H and O–H groups in total. The highest BCUT2D eigenvalue weighted by Crippen LogP contribution is 2.32. The number of ether oxygens (including phenoxy) is 1. The molecular formula is C16H21N3O3. The summed E-state index contributed by atoms with van der Waals surface area (Å²) >= 11 is 0. The minimum absolute atomic E-state index is 0.0261. The van der Waals surface area contributed by atoms with Gasteiger partial charge in [-0.3, -0.25) is 9.59 Å². The number of benzene rings is 1. The first-order valence-electron chi connectivity index (χ1n) is 7.69. The smallest absolute Gasteiger partial charge is 0.265 e. The second kappa shape index (κ2) is 5.96. The fourth-order valence-corrected chi connectivity index (χ4v) is 2.90. The van der Waals surface area contributed by atoms with E-state index in [0.29, 0.717) is 23.2 Å². The fourth-order valence-electron chi connectivity index (χ4n) is 2.90. The zero-order valence-corrected chi connectivity index (χ0v) is 12.8. The molecule has 2 heterocycles. The molecule has 6 nitrogen and oxygen atoms in total. The van der Waals surface area contributed by atoms with Crippen molar-refractivity contribution in [1.82, 2.24) is 5.32 Å². The lowest BCUT2D eigenvalue weighted by molar-refractivity contribution is -0.122. The third kappa shape index (κ3) is 3.06.